The second kappa shape index (κ2) is 4.36. The van der Waals surface area contributed by atoms with E-state index in [1.165, 1.54) is 0 Å². The van der Waals surface area contributed by atoms with Gasteiger partial charge in [-0.15, -0.1) is 0 Å². The number of aromatic nitrogens is 3. The first-order chi connectivity index (χ1) is 9.33. The van der Waals surface area contributed by atoms with Crippen molar-refractivity contribution in [3.63, 3.8) is 0 Å². The van der Waals surface area contributed by atoms with E-state index in [1.807, 2.05) is 35.4 Å². The molecule has 2 atom stereocenters. The maximum absolute atomic E-state index is 5.89. The van der Waals surface area contributed by atoms with Crippen molar-refractivity contribution < 1.29 is 4.74 Å². The van der Waals surface area contributed by atoms with Crippen LogP contribution in [0.3, 0.4) is 0 Å². The Labute approximate surface area is 124 Å². The highest BCUT2D eigenvalue weighted by Crippen LogP contribution is 2.41. The molecule has 98 valence electrons. The number of hydrogen-bond acceptors (Lipinski definition) is 4. The summed E-state index contributed by atoms with van der Waals surface area (Å²) in [6.45, 7) is 1.70. The molecule has 0 amide bonds. The minimum absolute atomic E-state index is 0.410. The van der Waals surface area contributed by atoms with Crippen LogP contribution in [0.5, 0.6) is 5.75 Å². The normalized spacial score (nSPS) is 24.8. The number of ether oxygens (including phenoxy) is 1. The summed E-state index contributed by atoms with van der Waals surface area (Å²) in [6.07, 6.45) is 6.79. The average molecular weight is 368 g/mol. The number of pyridine rings is 1. The molecule has 0 aliphatic carbocycles. The summed E-state index contributed by atoms with van der Waals surface area (Å²) >= 11 is 2.30. The summed E-state index contributed by atoms with van der Waals surface area (Å²) in [5.74, 6) is 1.92. The van der Waals surface area contributed by atoms with Gasteiger partial charge in [0.1, 0.15) is 6.61 Å². The van der Waals surface area contributed by atoms with Crippen molar-refractivity contribution in [1.29, 1.82) is 0 Å². The fourth-order valence-electron chi connectivity index (χ4n) is 2.93. The monoisotopic (exact) mass is 368 g/mol. The second-order valence-electron chi connectivity index (χ2n) is 4.94. The van der Waals surface area contributed by atoms with Gasteiger partial charge < -0.3 is 9.64 Å². The molecule has 19 heavy (non-hydrogen) atoms. The lowest BCUT2D eigenvalue weighted by Crippen LogP contribution is -2.39. The molecule has 1 saturated heterocycles. The van der Waals surface area contributed by atoms with Crippen LogP contribution in [0.1, 0.15) is 12.5 Å². The van der Waals surface area contributed by atoms with Crippen LogP contribution in [-0.4, -0.2) is 34.0 Å². The molecular formula is C13H13IN4O. The van der Waals surface area contributed by atoms with Gasteiger partial charge in [-0.2, -0.15) is 5.10 Å². The molecule has 0 saturated carbocycles. The molecule has 0 unspecified atom stereocenters. The van der Waals surface area contributed by atoms with Gasteiger partial charge in [0, 0.05) is 25.1 Å². The number of fused-ring (bicyclic) bond motifs is 3. The van der Waals surface area contributed by atoms with E-state index in [-0.39, 0.29) is 0 Å². The summed E-state index contributed by atoms with van der Waals surface area (Å²) in [6, 6.07) is 4.78. The minimum atomic E-state index is 0.410. The zero-order valence-corrected chi connectivity index (χ0v) is 12.4. The third-order valence-corrected chi connectivity index (χ3v) is 4.67. The molecule has 4 heterocycles. The van der Waals surface area contributed by atoms with Crippen LogP contribution in [0, 0.1) is 3.57 Å². The summed E-state index contributed by atoms with van der Waals surface area (Å²) in [5, 5.41) is 4.36. The van der Waals surface area contributed by atoms with Gasteiger partial charge in [0.15, 0.2) is 11.6 Å². The zero-order chi connectivity index (χ0) is 12.8. The Balaban J connectivity index is 1.69. The van der Waals surface area contributed by atoms with Gasteiger partial charge in [-0.1, -0.05) is 0 Å². The Bertz CT molecular complexity index is 601. The highest BCUT2D eigenvalue weighted by atomic mass is 127. The lowest BCUT2D eigenvalue weighted by Gasteiger charge is -2.32. The van der Waals surface area contributed by atoms with Crippen LogP contribution < -0.4 is 9.64 Å². The third-order valence-electron chi connectivity index (χ3n) is 3.82. The molecule has 2 aromatic heterocycles. The second-order valence-corrected chi connectivity index (χ2v) is 6.10. The van der Waals surface area contributed by atoms with Crippen LogP contribution in [0.25, 0.3) is 0 Å². The largest absolute Gasteiger partial charge is 0.486 e. The van der Waals surface area contributed by atoms with Crippen molar-refractivity contribution in [2.75, 3.05) is 18.1 Å². The molecule has 5 nitrogen and oxygen atoms in total. The number of rotatable bonds is 1. The van der Waals surface area contributed by atoms with Crippen molar-refractivity contribution in [3.8, 4) is 5.75 Å². The number of halogens is 1. The van der Waals surface area contributed by atoms with Crippen molar-refractivity contribution in [1.82, 2.24) is 14.8 Å². The van der Waals surface area contributed by atoms with Gasteiger partial charge in [-0.3, -0.25) is 4.68 Å². The van der Waals surface area contributed by atoms with Crippen molar-refractivity contribution in [2.24, 2.45) is 0 Å². The smallest absolute Gasteiger partial charge is 0.175 e. The van der Waals surface area contributed by atoms with Crippen LogP contribution >= 0.6 is 22.6 Å². The first kappa shape index (κ1) is 11.5. The van der Waals surface area contributed by atoms with Gasteiger partial charge in [0.2, 0.25) is 0 Å². The van der Waals surface area contributed by atoms with Gasteiger partial charge in [-0.05, 0) is 41.1 Å². The molecule has 2 aliphatic heterocycles. The van der Waals surface area contributed by atoms with E-state index in [1.54, 1.807) is 0 Å². The fraction of sp³-hybridized carbons (Fsp3) is 0.385. The van der Waals surface area contributed by atoms with E-state index >= 15 is 0 Å². The highest BCUT2D eigenvalue weighted by molar-refractivity contribution is 14.1. The van der Waals surface area contributed by atoms with Crippen molar-refractivity contribution in [3.05, 3.63) is 34.3 Å². The fourth-order valence-corrected chi connectivity index (χ4v) is 3.49. The van der Waals surface area contributed by atoms with E-state index in [0.29, 0.717) is 12.1 Å². The molecule has 0 aromatic carbocycles. The van der Waals surface area contributed by atoms with Crippen LogP contribution in [0.15, 0.2) is 30.7 Å². The van der Waals surface area contributed by atoms with E-state index in [4.69, 9.17) is 4.74 Å². The summed E-state index contributed by atoms with van der Waals surface area (Å²) in [4.78, 5) is 6.87. The van der Waals surface area contributed by atoms with Crippen LogP contribution in [0.2, 0.25) is 0 Å². The van der Waals surface area contributed by atoms with Crippen LogP contribution in [-0.2, 0) is 0 Å². The molecule has 2 aliphatic rings. The van der Waals surface area contributed by atoms with E-state index in [2.05, 4.69) is 37.6 Å². The third kappa shape index (κ3) is 1.80. The Hall–Kier alpha value is -1.31. The average Bonchev–Trinajstić information content (AvgIpc) is 3.08. The highest BCUT2D eigenvalue weighted by Gasteiger charge is 2.39. The molecule has 6 heteroatoms. The van der Waals surface area contributed by atoms with Gasteiger partial charge >= 0.3 is 0 Å². The lowest BCUT2D eigenvalue weighted by atomic mass is 10.1. The summed E-state index contributed by atoms with van der Waals surface area (Å²) in [7, 11) is 0. The van der Waals surface area contributed by atoms with Crippen molar-refractivity contribution in [2.45, 2.75) is 18.5 Å². The first-order valence-corrected chi connectivity index (χ1v) is 7.44. The van der Waals surface area contributed by atoms with E-state index in [9.17, 15) is 0 Å². The standard InChI is InChI=1S/C13H13IN4O/c14-11-2-4-15-13-12(11)19-8-10-6-9(7-17(10)13)18-5-1-3-16-18/h1-5,9-10H,6-8H2/t9-,10-/m0/s1. The molecule has 0 bridgehead atoms. The Kier molecular flexibility index (Phi) is 2.64. The van der Waals surface area contributed by atoms with Crippen molar-refractivity contribution >= 4 is 28.4 Å². The molecule has 4 rings (SSSR count). The van der Waals surface area contributed by atoms with Gasteiger partial charge in [0.25, 0.3) is 0 Å². The molecule has 0 radical (unpaired) electrons. The quantitative estimate of drug-likeness (QED) is 0.724. The maximum atomic E-state index is 5.89. The molecular weight excluding hydrogens is 355 g/mol. The summed E-state index contributed by atoms with van der Waals surface area (Å²) < 4.78 is 9.07. The van der Waals surface area contributed by atoms with Crippen LogP contribution in [0.4, 0.5) is 5.82 Å². The predicted octanol–water partition coefficient (Wildman–Crippen LogP) is 2.10. The maximum Gasteiger partial charge on any atom is 0.175 e. The Morgan fingerprint density at radius 1 is 1.32 bits per heavy atom. The molecule has 1 fully saturated rings. The molecule has 0 spiro atoms. The lowest BCUT2D eigenvalue weighted by molar-refractivity contribution is 0.265. The number of hydrogen-bond donors (Lipinski definition) is 0. The van der Waals surface area contributed by atoms with Gasteiger partial charge in [-0.25, -0.2) is 4.98 Å². The molecule has 0 N–H and O–H groups in total. The van der Waals surface area contributed by atoms with Gasteiger partial charge in [0.05, 0.1) is 15.7 Å². The summed E-state index contributed by atoms with van der Waals surface area (Å²) in [5.41, 5.74) is 0. The minimum Gasteiger partial charge on any atom is -0.486 e. The predicted molar refractivity (Wildman–Crippen MR) is 79.5 cm³/mol. The molecule has 2 aromatic rings. The zero-order valence-electron chi connectivity index (χ0n) is 10.2. The Morgan fingerprint density at radius 3 is 3.11 bits per heavy atom. The number of nitrogens with zero attached hydrogens (tertiary/aromatic N) is 4. The SMILES string of the molecule is Ic1ccnc2c1OC[C@@H]1C[C@H](n3cccn3)CN21. The topological polar surface area (TPSA) is 43.2 Å². The van der Waals surface area contributed by atoms with E-state index in [0.717, 1.165) is 34.7 Å². The Morgan fingerprint density at radius 2 is 2.26 bits per heavy atom. The number of anilines is 1. The van der Waals surface area contributed by atoms with E-state index < -0.39 is 0 Å². The first-order valence-electron chi connectivity index (χ1n) is 6.36.